The minimum absolute atomic E-state index is 0.0805. The lowest BCUT2D eigenvalue weighted by atomic mass is 10.1. The number of rotatable bonds is 8. The van der Waals surface area contributed by atoms with Crippen LogP contribution in [0.4, 0.5) is 5.13 Å². The monoisotopic (exact) mass is 467 g/mol. The van der Waals surface area contributed by atoms with Gasteiger partial charge in [-0.2, -0.15) is 0 Å². The summed E-state index contributed by atoms with van der Waals surface area (Å²) in [6.07, 6.45) is 0.219. The SMILES string of the molecule is Cc1ccc(S(=O)(=O)CCc2nnc(NC(=O)COc3cccc4ccccc34)s2)cc1. The van der Waals surface area contributed by atoms with Crippen molar-refractivity contribution in [2.24, 2.45) is 0 Å². The van der Waals surface area contributed by atoms with Crippen molar-refractivity contribution in [3.63, 3.8) is 0 Å². The molecule has 0 spiro atoms. The molecule has 1 amide bonds. The van der Waals surface area contributed by atoms with Gasteiger partial charge in [-0.3, -0.25) is 10.1 Å². The normalized spacial score (nSPS) is 11.4. The molecular weight excluding hydrogens is 446 g/mol. The summed E-state index contributed by atoms with van der Waals surface area (Å²) in [6, 6.07) is 20.2. The molecule has 4 aromatic rings. The maximum Gasteiger partial charge on any atom is 0.264 e. The lowest BCUT2D eigenvalue weighted by molar-refractivity contribution is -0.118. The van der Waals surface area contributed by atoms with Crippen LogP contribution in [0.1, 0.15) is 10.6 Å². The van der Waals surface area contributed by atoms with Crippen molar-refractivity contribution >= 4 is 43.0 Å². The number of amides is 1. The van der Waals surface area contributed by atoms with Crippen LogP contribution in [0, 0.1) is 6.92 Å². The van der Waals surface area contributed by atoms with E-state index in [1.165, 1.54) is 0 Å². The molecule has 0 aliphatic heterocycles. The van der Waals surface area contributed by atoms with E-state index >= 15 is 0 Å². The largest absolute Gasteiger partial charge is 0.483 e. The van der Waals surface area contributed by atoms with Crippen molar-refractivity contribution in [1.82, 2.24) is 10.2 Å². The van der Waals surface area contributed by atoms with Crippen molar-refractivity contribution in [2.45, 2.75) is 18.2 Å². The Bertz CT molecular complexity index is 1340. The molecule has 9 heteroatoms. The fourth-order valence-electron chi connectivity index (χ4n) is 3.11. The van der Waals surface area contributed by atoms with E-state index in [-0.39, 0.29) is 29.6 Å². The van der Waals surface area contributed by atoms with Gasteiger partial charge in [0, 0.05) is 11.8 Å². The van der Waals surface area contributed by atoms with Gasteiger partial charge in [-0.1, -0.05) is 65.4 Å². The van der Waals surface area contributed by atoms with E-state index in [4.69, 9.17) is 4.74 Å². The number of anilines is 1. The zero-order valence-corrected chi connectivity index (χ0v) is 18.9. The highest BCUT2D eigenvalue weighted by atomic mass is 32.2. The van der Waals surface area contributed by atoms with Crippen LogP contribution in [0.5, 0.6) is 5.75 Å². The number of benzene rings is 3. The Labute approximate surface area is 190 Å². The van der Waals surface area contributed by atoms with Gasteiger partial charge >= 0.3 is 0 Å². The highest BCUT2D eigenvalue weighted by Gasteiger charge is 2.16. The van der Waals surface area contributed by atoms with Gasteiger partial charge in [-0.25, -0.2) is 8.42 Å². The number of carbonyl (C=O) groups is 1. The van der Waals surface area contributed by atoms with E-state index < -0.39 is 9.84 Å². The molecule has 0 fully saturated rings. The Balaban J connectivity index is 1.32. The molecule has 1 aromatic heterocycles. The number of aryl methyl sites for hydroxylation is 2. The molecule has 0 bridgehead atoms. The number of aromatic nitrogens is 2. The predicted molar refractivity (Wildman–Crippen MR) is 125 cm³/mol. The molecule has 0 saturated carbocycles. The van der Waals surface area contributed by atoms with Crippen LogP contribution >= 0.6 is 11.3 Å². The van der Waals surface area contributed by atoms with Crippen LogP contribution < -0.4 is 10.1 Å². The van der Waals surface area contributed by atoms with Crippen molar-refractivity contribution in [3.05, 3.63) is 77.3 Å². The van der Waals surface area contributed by atoms with Gasteiger partial charge in [0.25, 0.3) is 5.91 Å². The molecule has 0 aliphatic carbocycles. The zero-order chi connectivity index (χ0) is 22.6. The Hall–Kier alpha value is -3.30. The third-order valence-electron chi connectivity index (χ3n) is 4.79. The van der Waals surface area contributed by atoms with E-state index in [2.05, 4.69) is 15.5 Å². The van der Waals surface area contributed by atoms with Crippen molar-refractivity contribution in [1.29, 1.82) is 0 Å². The highest BCUT2D eigenvalue weighted by molar-refractivity contribution is 7.91. The van der Waals surface area contributed by atoms with Gasteiger partial charge in [0.15, 0.2) is 16.4 Å². The highest BCUT2D eigenvalue weighted by Crippen LogP contribution is 2.25. The van der Waals surface area contributed by atoms with E-state index in [0.29, 0.717) is 15.9 Å². The summed E-state index contributed by atoms with van der Waals surface area (Å²) in [5.41, 5.74) is 0.998. The summed E-state index contributed by atoms with van der Waals surface area (Å²) in [5.74, 6) is 0.175. The molecule has 1 N–H and O–H groups in total. The lowest BCUT2D eigenvalue weighted by Crippen LogP contribution is -2.20. The molecule has 32 heavy (non-hydrogen) atoms. The quantitative estimate of drug-likeness (QED) is 0.420. The number of sulfone groups is 1. The standard InChI is InChI=1S/C23H21N3O4S2/c1-16-9-11-18(12-10-16)32(28,29)14-13-22-25-26-23(31-22)24-21(27)15-30-20-8-4-6-17-5-2-3-7-19(17)20/h2-12H,13-15H2,1H3,(H,24,26,27). The van der Waals surface area contributed by atoms with E-state index in [0.717, 1.165) is 27.7 Å². The smallest absolute Gasteiger partial charge is 0.264 e. The van der Waals surface area contributed by atoms with Gasteiger partial charge in [0.1, 0.15) is 10.8 Å². The van der Waals surface area contributed by atoms with Crippen LogP contribution in [0.2, 0.25) is 0 Å². The molecule has 0 aliphatic rings. The van der Waals surface area contributed by atoms with Gasteiger partial charge in [-0.15, -0.1) is 10.2 Å². The Morgan fingerprint density at radius 2 is 1.75 bits per heavy atom. The predicted octanol–water partition coefficient (Wildman–Crippen LogP) is 4.03. The Morgan fingerprint density at radius 3 is 2.56 bits per heavy atom. The first-order valence-electron chi connectivity index (χ1n) is 9.93. The zero-order valence-electron chi connectivity index (χ0n) is 17.3. The number of hydrogen-bond donors (Lipinski definition) is 1. The molecule has 0 atom stereocenters. The summed E-state index contributed by atoms with van der Waals surface area (Å²) in [4.78, 5) is 12.6. The summed E-state index contributed by atoms with van der Waals surface area (Å²) >= 11 is 1.15. The molecule has 4 rings (SSSR count). The van der Waals surface area contributed by atoms with Crippen LogP contribution in [0.3, 0.4) is 0 Å². The van der Waals surface area contributed by atoms with Gasteiger partial charge in [0.2, 0.25) is 5.13 Å². The van der Waals surface area contributed by atoms with Crippen LogP contribution in [0.25, 0.3) is 10.8 Å². The third kappa shape index (κ3) is 5.30. The molecule has 164 valence electrons. The van der Waals surface area contributed by atoms with Crippen LogP contribution in [-0.2, 0) is 21.1 Å². The lowest BCUT2D eigenvalue weighted by Gasteiger charge is -2.08. The Kier molecular flexibility index (Phi) is 6.48. The minimum atomic E-state index is -3.41. The maximum atomic E-state index is 12.5. The van der Waals surface area contributed by atoms with Gasteiger partial charge in [0.05, 0.1) is 10.6 Å². The average molecular weight is 468 g/mol. The number of hydrogen-bond acceptors (Lipinski definition) is 7. The molecular formula is C23H21N3O4S2. The maximum absolute atomic E-state index is 12.5. The van der Waals surface area contributed by atoms with Gasteiger partial charge in [-0.05, 0) is 30.5 Å². The summed E-state index contributed by atoms with van der Waals surface area (Å²) in [7, 11) is -3.41. The molecule has 0 radical (unpaired) electrons. The number of carbonyl (C=O) groups excluding carboxylic acids is 1. The third-order valence-corrected chi connectivity index (χ3v) is 7.42. The fraction of sp³-hybridized carbons (Fsp3) is 0.174. The van der Waals surface area contributed by atoms with Crippen molar-refractivity contribution < 1.29 is 17.9 Å². The average Bonchev–Trinajstić information content (AvgIpc) is 3.24. The van der Waals surface area contributed by atoms with Crippen molar-refractivity contribution in [3.8, 4) is 5.75 Å². The topological polar surface area (TPSA) is 98.3 Å². The molecule has 7 nitrogen and oxygen atoms in total. The first-order valence-corrected chi connectivity index (χ1v) is 12.4. The van der Waals surface area contributed by atoms with E-state index in [9.17, 15) is 13.2 Å². The second-order valence-electron chi connectivity index (χ2n) is 7.20. The van der Waals surface area contributed by atoms with E-state index in [1.54, 1.807) is 24.3 Å². The fourth-order valence-corrected chi connectivity index (χ4v) is 5.24. The number of nitrogens with zero attached hydrogens (tertiary/aromatic N) is 2. The molecule has 3 aromatic carbocycles. The van der Waals surface area contributed by atoms with Crippen LogP contribution in [-0.4, -0.2) is 36.9 Å². The summed E-state index contributed by atoms with van der Waals surface area (Å²) in [5, 5.41) is 13.4. The first kappa shape index (κ1) is 21.9. The summed E-state index contributed by atoms with van der Waals surface area (Å²) < 4.78 is 30.6. The second kappa shape index (κ2) is 9.46. The molecule has 1 heterocycles. The number of nitrogens with one attached hydrogen (secondary N) is 1. The van der Waals surface area contributed by atoms with Crippen LogP contribution in [0.15, 0.2) is 71.6 Å². The summed E-state index contributed by atoms with van der Waals surface area (Å²) in [6.45, 7) is 1.73. The van der Waals surface area contributed by atoms with Gasteiger partial charge < -0.3 is 4.74 Å². The number of ether oxygens (including phenoxy) is 1. The molecule has 0 saturated heterocycles. The molecule has 0 unspecified atom stereocenters. The Morgan fingerprint density at radius 1 is 1.00 bits per heavy atom. The number of fused-ring (bicyclic) bond motifs is 1. The first-order chi connectivity index (χ1) is 15.4. The van der Waals surface area contributed by atoms with Crippen molar-refractivity contribution in [2.75, 3.05) is 17.7 Å². The second-order valence-corrected chi connectivity index (χ2v) is 10.4. The van der Waals surface area contributed by atoms with E-state index in [1.807, 2.05) is 49.4 Å². The minimum Gasteiger partial charge on any atom is -0.483 e.